The molecule has 0 atom stereocenters. The van der Waals surface area contributed by atoms with Gasteiger partial charge in [0.25, 0.3) is 5.89 Å². The third-order valence-electron chi connectivity index (χ3n) is 2.13. The lowest BCUT2D eigenvalue weighted by Crippen LogP contribution is -2.08. The summed E-state index contributed by atoms with van der Waals surface area (Å²) in [6.45, 7) is 1.60. The molecule has 1 heterocycles. The lowest BCUT2D eigenvalue weighted by molar-refractivity contribution is 0.0431. The molecular weight excluding hydrogens is 302 g/mol. The first-order valence-corrected chi connectivity index (χ1v) is 5.87. The molecule has 1 aromatic heterocycles. The predicted molar refractivity (Wildman–Crippen MR) is 66.7 cm³/mol. The van der Waals surface area contributed by atoms with Crippen molar-refractivity contribution in [2.75, 3.05) is 5.73 Å². The van der Waals surface area contributed by atoms with Crippen LogP contribution in [-0.4, -0.2) is 16.1 Å². The Balaban J connectivity index is 2.05. The van der Waals surface area contributed by atoms with Crippen LogP contribution in [0.5, 0.6) is 0 Å². The number of benzene rings is 1. The minimum absolute atomic E-state index is 0.0778. The van der Waals surface area contributed by atoms with Crippen LogP contribution in [0, 0.1) is 6.92 Å². The van der Waals surface area contributed by atoms with Gasteiger partial charge < -0.3 is 15.0 Å². The topological polar surface area (TPSA) is 91.2 Å². The van der Waals surface area contributed by atoms with Gasteiger partial charge >= 0.3 is 5.97 Å². The Morgan fingerprint density at radius 3 is 3.00 bits per heavy atom. The molecule has 0 radical (unpaired) electrons. The van der Waals surface area contributed by atoms with Crippen LogP contribution in [0.1, 0.15) is 22.1 Å². The van der Waals surface area contributed by atoms with Gasteiger partial charge in [0, 0.05) is 10.2 Å². The van der Waals surface area contributed by atoms with Crippen LogP contribution in [0.4, 0.5) is 5.69 Å². The van der Waals surface area contributed by atoms with E-state index in [2.05, 4.69) is 26.1 Å². The van der Waals surface area contributed by atoms with Crippen LogP contribution in [0.3, 0.4) is 0 Å². The Bertz CT molecular complexity index is 583. The fourth-order valence-corrected chi connectivity index (χ4v) is 1.67. The van der Waals surface area contributed by atoms with E-state index in [1.807, 2.05) is 0 Å². The van der Waals surface area contributed by atoms with Crippen molar-refractivity contribution in [3.8, 4) is 0 Å². The van der Waals surface area contributed by atoms with E-state index in [0.29, 0.717) is 17.1 Å². The molecule has 1 aromatic carbocycles. The molecular formula is C11H10BrN3O3. The molecule has 7 heteroatoms. The van der Waals surface area contributed by atoms with Crippen LogP contribution in [0.25, 0.3) is 0 Å². The standard InChI is InChI=1S/C11H10BrN3O3/c1-6-14-10(18-15-6)5-17-11(16)8-4-7(12)2-3-9(8)13/h2-4H,5,13H2,1H3. The summed E-state index contributed by atoms with van der Waals surface area (Å²) in [4.78, 5) is 15.7. The maximum Gasteiger partial charge on any atom is 0.340 e. The second kappa shape index (κ2) is 5.18. The number of hydrogen-bond donors (Lipinski definition) is 1. The zero-order valence-electron chi connectivity index (χ0n) is 9.51. The summed E-state index contributed by atoms with van der Waals surface area (Å²) in [5, 5.41) is 3.59. The number of nitrogens with zero attached hydrogens (tertiary/aromatic N) is 2. The molecule has 2 rings (SSSR count). The molecule has 0 amide bonds. The lowest BCUT2D eigenvalue weighted by Gasteiger charge is -2.05. The van der Waals surface area contributed by atoms with E-state index in [4.69, 9.17) is 15.0 Å². The van der Waals surface area contributed by atoms with Crippen LogP contribution in [0.15, 0.2) is 27.2 Å². The number of hydrogen-bond acceptors (Lipinski definition) is 6. The zero-order valence-corrected chi connectivity index (χ0v) is 11.1. The van der Waals surface area contributed by atoms with Gasteiger partial charge in [0.05, 0.1) is 5.56 Å². The first-order chi connectivity index (χ1) is 8.56. The maximum atomic E-state index is 11.8. The quantitative estimate of drug-likeness (QED) is 0.689. The van der Waals surface area contributed by atoms with Crippen molar-refractivity contribution < 1.29 is 14.1 Å². The first kappa shape index (κ1) is 12.6. The number of ether oxygens (including phenoxy) is 1. The number of carbonyl (C=O) groups is 1. The molecule has 0 aliphatic rings. The van der Waals surface area contributed by atoms with Crippen molar-refractivity contribution in [3.63, 3.8) is 0 Å². The highest BCUT2D eigenvalue weighted by Crippen LogP contribution is 2.19. The largest absolute Gasteiger partial charge is 0.452 e. The van der Waals surface area contributed by atoms with Crippen LogP contribution in [-0.2, 0) is 11.3 Å². The number of aromatic nitrogens is 2. The maximum absolute atomic E-state index is 11.8. The number of halogens is 1. The number of esters is 1. The number of rotatable bonds is 3. The molecule has 0 unspecified atom stereocenters. The number of nitrogen functional groups attached to an aromatic ring is 1. The normalized spacial score (nSPS) is 10.3. The summed E-state index contributed by atoms with van der Waals surface area (Å²) in [7, 11) is 0. The third kappa shape index (κ3) is 2.86. The zero-order chi connectivity index (χ0) is 13.1. The van der Waals surface area contributed by atoms with Gasteiger partial charge in [0.15, 0.2) is 12.4 Å². The SMILES string of the molecule is Cc1noc(COC(=O)c2cc(Br)ccc2N)n1. The monoisotopic (exact) mass is 311 g/mol. The van der Waals surface area contributed by atoms with Crippen molar-refractivity contribution in [1.82, 2.24) is 10.1 Å². The van der Waals surface area contributed by atoms with E-state index in [-0.39, 0.29) is 12.5 Å². The molecule has 6 nitrogen and oxygen atoms in total. The van der Waals surface area contributed by atoms with E-state index in [1.165, 1.54) is 0 Å². The molecule has 0 saturated heterocycles. The van der Waals surface area contributed by atoms with Gasteiger partial charge in [-0.2, -0.15) is 4.98 Å². The Hall–Kier alpha value is -1.89. The average Bonchev–Trinajstić information content (AvgIpc) is 2.75. The van der Waals surface area contributed by atoms with Gasteiger partial charge in [0.1, 0.15) is 0 Å². The van der Waals surface area contributed by atoms with Gasteiger partial charge in [0.2, 0.25) is 0 Å². The molecule has 2 aromatic rings. The number of nitrogens with two attached hydrogens (primary N) is 1. The van der Waals surface area contributed by atoms with Gasteiger partial charge in [-0.05, 0) is 25.1 Å². The molecule has 2 N–H and O–H groups in total. The van der Waals surface area contributed by atoms with E-state index in [0.717, 1.165) is 4.47 Å². The van der Waals surface area contributed by atoms with Crippen LogP contribution in [0.2, 0.25) is 0 Å². The summed E-state index contributed by atoms with van der Waals surface area (Å²) >= 11 is 3.26. The molecule has 0 bridgehead atoms. The summed E-state index contributed by atoms with van der Waals surface area (Å²) in [6, 6.07) is 4.96. The van der Waals surface area contributed by atoms with Crippen molar-refractivity contribution in [2.24, 2.45) is 0 Å². The van der Waals surface area contributed by atoms with Gasteiger partial charge in [-0.1, -0.05) is 21.1 Å². The molecule has 0 aliphatic heterocycles. The van der Waals surface area contributed by atoms with E-state index in [9.17, 15) is 4.79 Å². The number of aryl methyl sites for hydroxylation is 1. The highest BCUT2D eigenvalue weighted by Gasteiger charge is 2.13. The van der Waals surface area contributed by atoms with Gasteiger partial charge in [-0.3, -0.25) is 0 Å². The fraction of sp³-hybridized carbons (Fsp3) is 0.182. The van der Waals surface area contributed by atoms with Crippen molar-refractivity contribution in [1.29, 1.82) is 0 Å². The predicted octanol–water partition coefficient (Wildman–Crippen LogP) is 2.08. The minimum atomic E-state index is -0.537. The van der Waals surface area contributed by atoms with E-state index >= 15 is 0 Å². The Labute approximate surface area is 111 Å². The molecule has 0 saturated carbocycles. The summed E-state index contributed by atoms with van der Waals surface area (Å²) in [6.07, 6.45) is 0. The van der Waals surface area contributed by atoms with E-state index in [1.54, 1.807) is 25.1 Å². The van der Waals surface area contributed by atoms with Crippen molar-refractivity contribution >= 4 is 27.6 Å². The number of anilines is 1. The highest BCUT2D eigenvalue weighted by atomic mass is 79.9. The second-order valence-corrected chi connectivity index (χ2v) is 4.46. The summed E-state index contributed by atoms with van der Waals surface area (Å²) in [5.74, 6) is 0.196. The number of carbonyl (C=O) groups excluding carboxylic acids is 1. The fourth-order valence-electron chi connectivity index (χ4n) is 1.31. The molecule has 0 spiro atoms. The Morgan fingerprint density at radius 2 is 2.33 bits per heavy atom. The van der Waals surface area contributed by atoms with E-state index < -0.39 is 5.97 Å². The summed E-state index contributed by atoms with van der Waals surface area (Å²) in [5.41, 5.74) is 6.33. The first-order valence-electron chi connectivity index (χ1n) is 5.07. The van der Waals surface area contributed by atoms with Crippen molar-refractivity contribution in [2.45, 2.75) is 13.5 Å². The molecule has 94 valence electrons. The molecule has 18 heavy (non-hydrogen) atoms. The third-order valence-corrected chi connectivity index (χ3v) is 2.62. The lowest BCUT2D eigenvalue weighted by atomic mass is 10.2. The van der Waals surface area contributed by atoms with Crippen LogP contribution < -0.4 is 5.73 Å². The molecule has 0 aliphatic carbocycles. The second-order valence-electron chi connectivity index (χ2n) is 3.54. The van der Waals surface area contributed by atoms with Gasteiger partial charge in [-0.15, -0.1) is 0 Å². The summed E-state index contributed by atoms with van der Waals surface area (Å²) < 4.78 is 10.6. The minimum Gasteiger partial charge on any atom is -0.452 e. The Morgan fingerprint density at radius 1 is 1.56 bits per heavy atom. The molecule has 0 fully saturated rings. The van der Waals surface area contributed by atoms with Gasteiger partial charge in [-0.25, -0.2) is 4.79 Å². The van der Waals surface area contributed by atoms with Crippen LogP contribution >= 0.6 is 15.9 Å². The van der Waals surface area contributed by atoms with Crippen molar-refractivity contribution in [3.05, 3.63) is 40.0 Å². The Kier molecular flexibility index (Phi) is 3.61. The average molecular weight is 312 g/mol. The smallest absolute Gasteiger partial charge is 0.340 e. The highest BCUT2D eigenvalue weighted by molar-refractivity contribution is 9.10.